The van der Waals surface area contributed by atoms with Gasteiger partial charge in [-0.15, -0.1) is 0 Å². The van der Waals surface area contributed by atoms with E-state index in [0.717, 1.165) is 17.0 Å². The molecule has 0 fully saturated rings. The number of rotatable bonds is 7. The van der Waals surface area contributed by atoms with E-state index in [-0.39, 0.29) is 5.91 Å². The maximum atomic E-state index is 12.5. The van der Waals surface area contributed by atoms with Crippen LogP contribution in [0.25, 0.3) is 0 Å². The number of anilines is 2. The van der Waals surface area contributed by atoms with Crippen LogP contribution in [-0.2, 0) is 6.42 Å². The number of halogens is 1. The molecule has 0 aliphatic rings. The summed E-state index contributed by atoms with van der Waals surface area (Å²) in [5.41, 5.74) is 2.22. The van der Waals surface area contributed by atoms with Gasteiger partial charge < -0.3 is 15.4 Å². The van der Waals surface area contributed by atoms with E-state index in [1.165, 1.54) is 0 Å². The number of benzene rings is 2. The van der Waals surface area contributed by atoms with Crippen molar-refractivity contribution in [3.63, 3.8) is 0 Å². The first kappa shape index (κ1) is 19.6. The Kier molecular flexibility index (Phi) is 6.45. The number of methoxy groups -OCH3 is 1. The minimum atomic E-state index is -0.245. The van der Waals surface area contributed by atoms with Crippen molar-refractivity contribution in [3.8, 4) is 5.75 Å². The van der Waals surface area contributed by atoms with Crippen LogP contribution in [0.15, 0.2) is 54.6 Å². The zero-order valence-corrected chi connectivity index (χ0v) is 16.5. The third-order valence-electron chi connectivity index (χ3n) is 4.02. The van der Waals surface area contributed by atoms with Gasteiger partial charge in [0.05, 0.1) is 7.11 Å². The van der Waals surface area contributed by atoms with Crippen molar-refractivity contribution in [2.75, 3.05) is 19.0 Å². The monoisotopic (exact) mass is 396 g/mol. The van der Waals surface area contributed by atoms with Crippen LogP contribution in [0.5, 0.6) is 5.75 Å². The van der Waals surface area contributed by atoms with Gasteiger partial charge in [0.15, 0.2) is 0 Å². The summed E-state index contributed by atoms with van der Waals surface area (Å²) in [5, 5.41) is 6.75. The molecule has 0 spiro atoms. The number of hydrogen-bond acceptors (Lipinski definition) is 5. The highest BCUT2D eigenvalue weighted by Gasteiger charge is 2.10. The molecule has 2 N–H and O–H groups in total. The molecule has 3 rings (SSSR count). The van der Waals surface area contributed by atoms with Crippen molar-refractivity contribution in [2.45, 2.75) is 13.3 Å². The first-order valence-electron chi connectivity index (χ1n) is 8.83. The molecule has 0 saturated carbocycles. The molecule has 3 aromatic rings. The molecular formula is C21H21ClN4O2. The van der Waals surface area contributed by atoms with Gasteiger partial charge in [0.25, 0.3) is 5.91 Å². The number of amides is 1. The van der Waals surface area contributed by atoms with Crippen LogP contribution in [0.2, 0.25) is 5.02 Å². The van der Waals surface area contributed by atoms with Crippen molar-refractivity contribution in [1.29, 1.82) is 0 Å². The second-order valence-electron chi connectivity index (χ2n) is 6.17. The van der Waals surface area contributed by atoms with E-state index >= 15 is 0 Å². The summed E-state index contributed by atoms with van der Waals surface area (Å²) < 4.78 is 5.15. The Labute approximate surface area is 168 Å². The fraction of sp³-hybridized carbons (Fsp3) is 0.190. The Morgan fingerprint density at radius 2 is 1.89 bits per heavy atom. The molecule has 0 atom stereocenters. The van der Waals surface area contributed by atoms with Gasteiger partial charge in [0.1, 0.15) is 23.1 Å². The summed E-state index contributed by atoms with van der Waals surface area (Å²) in [5.74, 6) is 1.59. The molecule has 0 aliphatic carbocycles. The van der Waals surface area contributed by atoms with Crippen molar-refractivity contribution >= 4 is 29.0 Å². The lowest BCUT2D eigenvalue weighted by molar-refractivity contribution is 0.0949. The summed E-state index contributed by atoms with van der Waals surface area (Å²) in [6.45, 7) is 2.24. The summed E-state index contributed by atoms with van der Waals surface area (Å²) >= 11 is 5.98. The van der Waals surface area contributed by atoms with E-state index in [4.69, 9.17) is 16.3 Å². The zero-order chi connectivity index (χ0) is 19.9. The molecule has 28 heavy (non-hydrogen) atoms. The average molecular weight is 397 g/mol. The first-order chi connectivity index (χ1) is 13.5. The Hall–Kier alpha value is -3.12. The molecule has 1 heterocycles. The fourth-order valence-electron chi connectivity index (χ4n) is 2.67. The van der Waals surface area contributed by atoms with E-state index in [1.54, 1.807) is 20.1 Å². The standard InChI is InChI=1S/C21H21ClN4O2/c1-14-24-19(21(27)23-11-10-15-4-3-5-16(22)12-15)13-20(25-14)26-17-6-8-18(28-2)9-7-17/h3-9,12-13H,10-11H2,1-2H3,(H,23,27)(H,24,25,26). The number of ether oxygens (including phenoxy) is 1. The lowest BCUT2D eigenvalue weighted by Crippen LogP contribution is -2.27. The molecular weight excluding hydrogens is 376 g/mol. The third-order valence-corrected chi connectivity index (χ3v) is 4.26. The zero-order valence-electron chi connectivity index (χ0n) is 15.7. The largest absolute Gasteiger partial charge is 0.497 e. The maximum absolute atomic E-state index is 12.5. The molecule has 0 unspecified atom stereocenters. The Morgan fingerprint density at radius 3 is 2.61 bits per heavy atom. The minimum Gasteiger partial charge on any atom is -0.497 e. The predicted octanol–water partition coefficient (Wildman–Crippen LogP) is 4.16. The van der Waals surface area contributed by atoms with Gasteiger partial charge in [-0.05, 0) is 55.3 Å². The first-order valence-corrected chi connectivity index (χ1v) is 9.21. The van der Waals surface area contributed by atoms with Gasteiger partial charge in [-0.25, -0.2) is 9.97 Å². The highest BCUT2D eigenvalue weighted by Crippen LogP contribution is 2.19. The Bertz CT molecular complexity index is 961. The summed E-state index contributed by atoms with van der Waals surface area (Å²) in [7, 11) is 1.62. The van der Waals surface area contributed by atoms with Crippen molar-refractivity contribution in [2.24, 2.45) is 0 Å². The second kappa shape index (κ2) is 9.19. The van der Waals surface area contributed by atoms with Crippen molar-refractivity contribution in [3.05, 3.63) is 76.7 Å². The van der Waals surface area contributed by atoms with E-state index < -0.39 is 0 Å². The van der Waals surface area contributed by atoms with Gasteiger partial charge in [-0.3, -0.25) is 4.79 Å². The molecule has 0 saturated heterocycles. The summed E-state index contributed by atoms with van der Waals surface area (Å²) in [4.78, 5) is 21.1. The minimum absolute atomic E-state index is 0.245. The van der Waals surface area contributed by atoms with E-state index in [9.17, 15) is 4.79 Å². The van der Waals surface area contributed by atoms with Gasteiger partial charge in [0.2, 0.25) is 0 Å². The van der Waals surface area contributed by atoms with Crippen LogP contribution < -0.4 is 15.4 Å². The number of aromatic nitrogens is 2. The normalized spacial score (nSPS) is 10.4. The molecule has 0 radical (unpaired) electrons. The topological polar surface area (TPSA) is 76.1 Å². The molecule has 144 valence electrons. The van der Waals surface area contributed by atoms with Crippen LogP contribution in [0, 0.1) is 6.92 Å². The number of aryl methyl sites for hydroxylation is 1. The SMILES string of the molecule is COc1ccc(Nc2cc(C(=O)NCCc3cccc(Cl)c3)nc(C)n2)cc1. The maximum Gasteiger partial charge on any atom is 0.270 e. The lowest BCUT2D eigenvalue weighted by Gasteiger charge is -2.10. The Morgan fingerprint density at radius 1 is 1.11 bits per heavy atom. The fourth-order valence-corrected chi connectivity index (χ4v) is 2.89. The van der Waals surface area contributed by atoms with Crippen molar-refractivity contribution < 1.29 is 9.53 Å². The number of nitrogens with one attached hydrogen (secondary N) is 2. The highest BCUT2D eigenvalue weighted by molar-refractivity contribution is 6.30. The smallest absolute Gasteiger partial charge is 0.270 e. The third kappa shape index (κ3) is 5.44. The van der Waals surface area contributed by atoms with E-state index in [0.29, 0.717) is 35.3 Å². The number of hydrogen-bond donors (Lipinski definition) is 2. The number of carbonyl (C=O) groups excluding carboxylic acids is 1. The highest BCUT2D eigenvalue weighted by atomic mass is 35.5. The van der Waals surface area contributed by atoms with E-state index in [2.05, 4.69) is 20.6 Å². The van der Waals surface area contributed by atoms with E-state index in [1.807, 2.05) is 48.5 Å². The molecule has 2 aromatic carbocycles. The van der Waals surface area contributed by atoms with Crippen LogP contribution in [0.4, 0.5) is 11.5 Å². The van der Waals surface area contributed by atoms with Crippen LogP contribution in [-0.4, -0.2) is 29.5 Å². The summed E-state index contributed by atoms with van der Waals surface area (Å²) in [6.07, 6.45) is 0.688. The molecule has 0 aliphatic heterocycles. The molecule has 0 bridgehead atoms. The second-order valence-corrected chi connectivity index (χ2v) is 6.61. The lowest BCUT2D eigenvalue weighted by atomic mass is 10.1. The van der Waals surface area contributed by atoms with Gasteiger partial charge in [-0.2, -0.15) is 0 Å². The van der Waals surface area contributed by atoms with Crippen LogP contribution in [0.3, 0.4) is 0 Å². The molecule has 1 aromatic heterocycles. The van der Waals surface area contributed by atoms with Crippen LogP contribution >= 0.6 is 11.6 Å². The van der Waals surface area contributed by atoms with Gasteiger partial charge in [-0.1, -0.05) is 23.7 Å². The molecule has 1 amide bonds. The number of nitrogens with zero attached hydrogens (tertiary/aromatic N) is 2. The Balaban J connectivity index is 1.63. The van der Waals surface area contributed by atoms with Gasteiger partial charge >= 0.3 is 0 Å². The molecule has 6 nitrogen and oxygen atoms in total. The average Bonchev–Trinajstić information content (AvgIpc) is 2.68. The van der Waals surface area contributed by atoms with Crippen molar-refractivity contribution in [1.82, 2.24) is 15.3 Å². The number of carbonyl (C=O) groups is 1. The quantitative estimate of drug-likeness (QED) is 0.627. The van der Waals surface area contributed by atoms with Gasteiger partial charge in [0, 0.05) is 23.3 Å². The summed E-state index contributed by atoms with van der Waals surface area (Å²) in [6, 6.07) is 16.7. The molecule has 7 heteroatoms. The van der Waals surface area contributed by atoms with Crippen LogP contribution in [0.1, 0.15) is 21.9 Å². The predicted molar refractivity (Wildman–Crippen MR) is 111 cm³/mol.